The van der Waals surface area contributed by atoms with Gasteiger partial charge in [0.2, 0.25) is 0 Å². The number of hydrogen-bond acceptors (Lipinski definition) is 1. The first-order valence-electron chi connectivity index (χ1n) is 7.87. The van der Waals surface area contributed by atoms with Crippen LogP contribution in [0.2, 0.25) is 0 Å². The highest BCUT2D eigenvalue weighted by atomic mass is 19.2. The molecule has 0 fully saturated rings. The van der Waals surface area contributed by atoms with Gasteiger partial charge in [0.15, 0.2) is 23.3 Å². The molecule has 1 nitrogen and oxygen atoms in total. The Morgan fingerprint density at radius 1 is 0.880 bits per heavy atom. The summed E-state index contributed by atoms with van der Waals surface area (Å²) in [6, 6.07) is 6.86. The molecule has 0 heterocycles. The van der Waals surface area contributed by atoms with Gasteiger partial charge >= 0.3 is 0 Å². The molecule has 128 valence electrons. The second-order valence-electron chi connectivity index (χ2n) is 6.78. The summed E-state index contributed by atoms with van der Waals surface area (Å²) in [7, 11) is 0. The van der Waals surface area contributed by atoms with Gasteiger partial charge in [-0.3, -0.25) is 4.79 Å². The minimum Gasteiger partial charge on any atom is -0.299 e. The molecule has 0 aliphatic heterocycles. The smallest absolute Gasteiger partial charge is 0.197 e. The Kier molecular flexibility index (Phi) is 3.09. The molecule has 0 spiro atoms. The maximum atomic E-state index is 14.6. The normalized spacial score (nSPS) is 25.7. The Labute approximate surface area is 142 Å². The van der Waals surface area contributed by atoms with Gasteiger partial charge in [-0.05, 0) is 25.0 Å². The van der Waals surface area contributed by atoms with Crippen LogP contribution in [-0.4, -0.2) is 5.78 Å². The average Bonchev–Trinajstić information content (AvgIpc) is 3.06. The topological polar surface area (TPSA) is 17.1 Å². The van der Waals surface area contributed by atoms with Gasteiger partial charge < -0.3 is 0 Å². The number of hydrogen-bond donors (Lipinski definition) is 0. The molecule has 4 rings (SSSR count). The van der Waals surface area contributed by atoms with Crippen molar-refractivity contribution in [1.29, 1.82) is 0 Å². The number of fused-ring (bicyclic) bond motifs is 8. The van der Waals surface area contributed by atoms with Crippen LogP contribution in [-0.2, 0) is 4.79 Å². The number of rotatable bonds is 2. The molecule has 2 aliphatic rings. The monoisotopic (exact) mass is 346 g/mol. The summed E-state index contributed by atoms with van der Waals surface area (Å²) in [5, 5.41) is 0. The Hall–Kier alpha value is -2.43. The Bertz CT molecular complexity index is 898. The zero-order chi connectivity index (χ0) is 18.3. The first-order valence-corrected chi connectivity index (χ1v) is 7.87. The van der Waals surface area contributed by atoms with Crippen LogP contribution in [0.1, 0.15) is 47.9 Å². The fourth-order valence-electron chi connectivity index (χ4n) is 4.89. The van der Waals surface area contributed by atoms with Gasteiger partial charge in [0, 0.05) is 23.0 Å². The fraction of sp³-hybridized carbons (Fsp3) is 0.250. The van der Waals surface area contributed by atoms with Gasteiger partial charge in [-0.15, -0.1) is 0 Å². The molecule has 2 bridgehead atoms. The minimum atomic E-state index is -1.85. The molecule has 0 aromatic heterocycles. The quantitative estimate of drug-likeness (QED) is 0.324. The molecule has 0 radical (unpaired) electrons. The molecule has 2 aromatic rings. The zero-order valence-corrected chi connectivity index (χ0v) is 13.6. The molecule has 5 heteroatoms. The van der Waals surface area contributed by atoms with E-state index in [1.807, 2.05) is 0 Å². The molecule has 2 atom stereocenters. The molecule has 0 saturated heterocycles. The van der Waals surface area contributed by atoms with E-state index in [1.165, 1.54) is 6.92 Å². The Balaban J connectivity index is 2.20. The summed E-state index contributed by atoms with van der Waals surface area (Å²) in [5.41, 5.74) is -0.197. The summed E-state index contributed by atoms with van der Waals surface area (Å²) >= 11 is 0. The lowest BCUT2D eigenvalue weighted by molar-refractivity contribution is -0.125. The minimum absolute atomic E-state index is 0.265. The predicted octanol–water partition coefficient (Wildman–Crippen LogP) is 4.99. The van der Waals surface area contributed by atoms with E-state index in [0.29, 0.717) is 16.7 Å². The van der Waals surface area contributed by atoms with Crippen molar-refractivity contribution in [2.75, 3.05) is 0 Å². The van der Waals surface area contributed by atoms with Crippen molar-refractivity contribution in [3.8, 4) is 0 Å². The van der Waals surface area contributed by atoms with Crippen molar-refractivity contribution in [2.24, 2.45) is 5.41 Å². The summed E-state index contributed by atoms with van der Waals surface area (Å²) in [5.74, 6) is -8.71. The third-order valence-corrected chi connectivity index (χ3v) is 5.74. The molecule has 2 unspecified atom stereocenters. The number of carbonyl (C=O) groups excluding carboxylic acids is 1. The average molecular weight is 346 g/mol. The van der Waals surface area contributed by atoms with Gasteiger partial charge in [-0.25, -0.2) is 17.6 Å². The van der Waals surface area contributed by atoms with Gasteiger partial charge in [-0.2, -0.15) is 0 Å². The predicted molar refractivity (Wildman–Crippen MR) is 84.3 cm³/mol. The summed E-state index contributed by atoms with van der Waals surface area (Å²) in [6.07, 6.45) is 0. The van der Waals surface area contributed by atoms with Crippen molar-refractivity contribution in [2.45, 2.75) is 25.7 Å². The van der Waals surface area contributed by atoms with Crippen molar-refractivity contribution < 1.29 is 22.4 Å². The number of allylic oxidation sites excluding steroid dienone is 1. The first kappa shape index (κ1) is 16.1. The van der Waals surface area contributed by atoms with E-state index in [0.717, 1.165) is 0 Å². The van der Waals surface area contributed by atoms with E-state index in [4.69, 9.17) is 0 Å². The van der Waals surface area contributed by atoms with E-state index < -0.39 is 40.5 Å². The van der Waals surface area contributed by atoms with E-state index >= 15 is 0 Å². The number of Topliss-reactive ketones (excluding diaryl/α,β-unsaturated/α-hetero) is 1. The van der Waals surface area contributed by atoms with Gasteiger partial charge in [0.1, 0.15) is 5.78 Å². The standard InChI is InChI=1S/C20H14F4O/c1-8(2)20(9(3)25)14-10-6-4-5-7-11(10)15(20)13-12(14)16(21)18(23)19(24)17(13)22/h4-7,14-15H,1H2,2-3H3. The lowest BCUT2D eigenvalue weighted by Gasteiger charge is -2.33. The molecule has 2 aromatic carbocycles. The largest absolute Gasteiger partial charge is 0.299 e. The highest BCUT2D eigenvalue weighted by Gasteiger charge is 2.65. The van der Waals surface area contributed by atoms with Crippen LogP contribution in [0.4, 0.5) is 17.6 Å². The maximum Gasteiger partial charge on any atom is 0.197 e. The van der Waals surface area contributed by atoms with E-state index in [2.05, 4.69) is 6.58 Å². The van der Waals surface area contributed by atoms with Crippen LogP contribution in [0.15, 0.2) is 36.4 Å². The van der Waals surface area contributed by atoms with Crippen LogP contribution < -0.4 is 0 Å². The number of benzene rings is 2. The summed E-state index contributed by atoms with van der Waals surface area (Å²) in [4.78, 5) is 12.7. The molecule has 2 aliphatic carbocycles. The van der Waals surface area contributed by atoms with Gasteiger partial charge in [0.05, 0.1) is 5.41 Å². The van der Waals surface area contributed by atoms with E-state index in [9.17, 15) is 22.4 Å². The van der Waals surface area contributed by atoms with Crippen LogP contribution in [0, 0.1) is 28.7 Å². The van der Waals surface area contributed by atoms with Crippen molar-refractivity contribution in [1.82, 2.24) is 0 Å². The lowest BCUT2D eigenvalue weighted by Crippen LogP contribution is -2.34. The molecule has 0 amide bonds. The zero-order valence-electron chi connectivity index (χ0n) is 13.6. The third kappa shape index (κ3) is 1.57. The number of ketones is 1. The molecule has 25 heavy (non-hydrogen) atoms. The highest BCUT2D eigenvalue weighted by Crippen LogP contribution is 2.70. The van der Waals surface area contributed by atoms with Crippen molar-refractivity contribution >= 4 is 5.78 Å². The maximum absolute atomic E-state index is 14.6. The molecule has 0 N–H and O–H groups in total. The summed E-state index contributed by atoms with van der Waals surface area (Å²) in [6.45, 7) is 6.83. The van der Waals surface area contributed by atoms with Crippen LogP contribution >= 0.6 is 0 Å². The second-order valence-corrected chi connectivity index (χ2v) is 6.78. The van der Waals surface area contributed by atoms with Crippen LogP contribution in [0.3, 0.4) is 0 Å². The van der Waals surface area contributed by atoms with E-state index in [1.54, 1.807) is 31.2 Å². The SMILES string of the molecule is C=C(C)C1(C(C)=O)C2c3ccccc3C1c1c(F)c(F)c(F)c(F)c12. The van der Waals surface area contributed by atoms with Gasteiger partial charge in [-0.1, -0.05) is 36.4 Å². The lowest BCUT2D eigenvalue weighted by atomic mass is 9.67. The number of halogens is 4. The second kappa shape index (κ2) is 4.81. The van der Waals surface area contributed by atoms with Crippen LogP contribution in [0.5, 0.6) is 0 Å². The van der Waals surface area contributed by atoms with Gasteiger partial charge in [0.25, 0.3) is 0 Å². The Morgan fingerprint density at radius 2 is 1.28 bits per heavy atom. The number of carbonyl (C=O) groups is 1. The first-order chi connectivity index (χ1) is 11.8. The van der Waals surface area contributed by atoms with E-state index in [-0.39, 0.29) is 16.9 Å². The third-order valence-electron chi connectivity index (χ3n) is 5.74. The van der Waals surface area contributed by atoms with Crippen molar-refractivity contribution in [3.63, 3.8) is 0 Å². The molecular weight excluding hydrogens is 332 g/mol. The summed E-state index contributed by atoms with van der Waals surface area (Å²) < 4.78 is 57.1. The highest BCUT2D eigenvalue weighted by molar-refractivity contribution is 5.93. The fourth-order valence-corrected chi connectivity index (χ4v) is 4.89. The molecular formula is C20H14F4O. The molecule has 0 saturated carbocycles. The Morgan fingerprint density at radius 3 is 1.60 bits per heavy atom. The van der Waals surface area contributed by atoms with Crippen LogP contribution in [0.25, 0.3) is 0 Å². The van der Waals surface area contributed by atoms with Crippen molar-refractivity contribution in [3.05, 3.63) is 81.9 Å².